The number of ketones is 1. The van der Waals surface area contributed by atoms with E-state index in [1.165, 1.54) is 5.56 Å². The smallest absolute Gasteiger partial charge is 0.155 e. The van der Waals surface area contributed by atoms with E-state index >= 15 is 0 Å². The van der Waals surface area contributed by atoms with Gasteiger partial charge in [-0.05, 0) is 59.9 Å². The summed E-state index contributed by atoms with van der Waals surface area (Å²) in [5, 5.41) is 19.6. The second-order valence-electron chi connectivity index (χ2n) is 6.10. The van der Waals surface area contributed by atoms with Crippen LogP contribution in [0.2, 0.25) is 0 Å². The molecule has 1 aromatic heterocycles. The molecule has 0 fully saturated rings. The van der Waals surface area contributed by atoms with Crippen LogP contribution in [0.1, 0.15) is 29.5 Å². The van der Waals surface area contributed by atoms with Crippen molar-refractivity contribution in [2.45, 2.75) is 25.9 Å². The number of phenols is 1. The highest BCUT2D eigenvalue weighted by atomic mass is 16.3. The molecule has 25 heavy (non-hydrogen) atoms. The number of aromatic amines is 1. The van der Waals surface area contributed by atoms with Crippen LogP contribution in [0.5, 0.6) is 5.75 Å². The predicted molar refractivity (Wildman–Crippen MR) is 99.3 cm³/mol. The van der Waals surface area contributed by atoms with Gasteiger partial charge >= 0.3 is 0 Å². The first-order valence-corrected chi connectivity index (χ1v) is 8.35. The van der Waals surface area contributed by atoms with Crippen molar-refractivity contribution >= 4 is 22.8 Å². The Hall–Kier alpha value is -2.85. The highest BCUT2D eigenvalue weighted by molar-refractivity contribution is 5.93. The number of hydrogen-bond donors (Lipinski definition) is 3. The molecule has 0 bridgehead atoms. The molecule has 4 heteroatoms. The third-order valence-electron chi connectivity index (χ3n) is 4.24. The maximum Gasteiger partial charge on any atom is 0.155 e. The normalized spacial score (nSPS) is 11.4. The number of aryl methyl sites for hydroxylation is 1. The molecular weight excluding hydrogens is 314 g/mol. The van der Waals surface area contributed by atoms with Crippen LogP contribution in [0, 0.1) is 0 Å². The Morgan fingerprint density at radius 2 is 1.92 bits per heavy atom. The molecule has 0 spiro atoms. The lowest BCUT2D eigenvalue weighted by molar-refractivity contribution is -0.114. The van der Waals surface area contributed by atoms with Crippen molar-refractivity contribution in [1.82, 2.24) is 4.98 Å². The molecule has 0 aliphatic carbocycles. The predicted octanol–water partition coefficient (Wildman–Crippen LogP) is 3.97. The molecule has 0 aliphatic heterocycles. The van der Waals surface area contributed by atoms with Crippen LogP contribution in [-0.4, -0.2) is 21.0 Å². The molecule has 1 heterocycles. The van der Waals surface area contributed by atoms with Crippen molar-refractivity contribution in [1.29, 1.82) is 0 Å². The van der Waals surface area contributed by atoms with E-state index in [4.69, 9.17) is 0 Å². The zero-order valence-electron chi connectivity index (χ0n) is 13.9. The van der Waals surface area contributed by atoms with E-state index in [1.54, 1.807) is 36.4 Å². The molecule has 0 aliphatic rings. The highest BCUT2D eigenvalue weighted by Crippen LogP contribution is 2.21. The van der Waals surface area contributed by atoms with Gasteiger partial charge in [0, 0.05) is 23.5 Å². The van der Waals surface area contributed by atoms with Crippen molar-refractivity contribution in [3.8, 4) is 5.75 Å². The lowest BCUT2D eigenvalue weighted by atomic mass is 10.0. The van der Waals surface area contributed by atoms with E-state index in [9.17, 15) is 15.0 Å². The number of allylic oxidation sites excluding steroid dienone is 1. The molecule has 3 rings (SSSR count). The van der Waals surface area contributed by atoms with Crippen molar-refractivity contribution in [2.75, 3.05) is 0 Å². The third-order valence-corrected chi connectivity index (χ3v) is 4.24. The molecule has 2 aromatic carbocycles. The van der Waals surface area contributed by atoms with E-state index < -0.39 is 0 Å². The maximum absolute atomic E-state index is 12.0. The summed E-state index contributed by atoms with van der Waals surface area (Å²) in [6.45, 7) is 0.0289. The van der Waals surface area contributed by atoms with Crippen LogP contribution >= 0.6 is 0 Å². The van der Waals surface area contributed by atoms with E-state index in [0.29, 0.717) is 6.42 Å². The number of rotatable bonds is 7. The molecule has 4 nitrogen and oxygen atoms in total. The minimum absolute atomic E-state index is 0.0289. The Balaban J connectivity index is 1.55. The summed E-state index contributed by atoms with van der Waals surface area (Å²) in [6, 6.07) is 12.6. The summed E-state index contributed by atoms with van der Waals surface area (Å²) >= 11 is 0. The van der Waals surface area contributed by atoms with Gasteiger partial charge in [0.05, 0.1) is 6.61 Å². The number of aliphatic hydroxyl groups is 1. The number of aromatic hydroxyl groups is 1. The average Bonchev–Trinajstić information content (AvgIpc) is 3.03. The fourth-order valence-corrected chi connectivity index (χ4v) is 2.84. The second-order valence-corrected chi connectivity index (χ2v) is 6.10. The Labute approximate surface area is 146 Å². The van der Waals surface area contributed by atoms with Gasteiger partial charge in [-0.1, -0.05) is 24.3 Å². The van der Waals surface area contributed by atoms with Gasteiger partial charge < -0.3 is 15.2 Å². The number of aliphatic hydroxyl groups excluding tert-OH is 1. The Morgan fingerprint density at radius 1 is 1.12 bits per heavy atom. The minimum atomic E-state index is 0.0289. The summed E-state index contributed by atoms with van der Waals surface area (Å²) < 4.78 is 0. The summed E-state index contributed by atoms with van der Waals surface area (Å²) in [6.07, 6.45) is 7.40. The molecular formula is C21H21NO3. The standard InChI is InChI=1S/C21H21NO3/c23-14-16-7-11-21-20(12-16)17(13-22-21)2-1-3-18(24)8-4-15-5-9-19(25)10-6-15/h4-13,22-23,25H,1-3,14H2/b8-4+. The molecule has 0 atom stereocenters. The monoisotopic (exact) mass is 335 g/mol. The van der Waals surface area contributed by atoms with Gasteiger partial charge in [-0.25, -0.2) is 0 Å². The fraction of sp³-hybridized carbons (Fsp3) is 0.190. The Morgan fingerprint density at radius 3 is 2.68 bits per heavy atom. The molecule has 0 radical (unpaired) electrons. The Kier molecular flexibility index (Phi) is 5.31. The molecule has 3 N–H and O–H groups in total. The van der Waals surface area contributed by atoms with Gasteiger partial charge in [-0.2, -0.15) is 0 Å². The zero-order chi connectivity index (χ0) is 17.6. The molecule has 0 unspecified atom stereocenters. The van der Waals surface area contributed by atoms with E-state index in [-0.39, 0.29) is 18.1 Å². The first kappa shape index (κ1) is 17.0. The summed E-state index contributed by atoms with van der Waals surface area (Å²) in [4.78, 5) is 15.2. The first-order valence-electron chi connectivity index (χ1n) is 8.35. The molecule has 0 amide bonds. The first-order chi connectivity index (χ1) is 12.2. The van der Waals surface area contributed by atoms with Crippen molar-refractivity contribution in [3.63, 3.8) is 0 Å². The number of carbonyl (C=O) groups is 1. The number of hydrogen-bond acceptors (Lipinski definition) is 3. The third kappa shape index (κ3) is 4.37. The van der Waals surface area contributed by atoms with Gasteiger partial charge in [0.25, 0.3) is 0 Å². The van der Waals surface area contributed by atoms with Gasteiger partial charge in [0.15, 0.2) is 5.78 Å². The number of aromatic nitrogens is 1. The van der Waals surface area contributed by atoms with Gasteiger partial charge in [0.1, 0.15) is 5.75 Å². The summed E-state index contributed by atoms with van der Waals surface area (Å²) in [7, 11) is 0. The second kappa shape index (κ2) is 7.81. The zero-order valence-corrected chi connectivity index (χ0v) is 13.9. The lowest BCUT2D eigenvalue weighted by Crippen LogP contribution is -1.94. The molecule has 128 valence electrons. The van der Waals surface area contributed by atoms with Crippen LogP contribution in [0.3, 0.4) is 0 Å². The SMILES string of the molecule is O=C(/C=C/c1ccc(O)cc1)CCCc1c[nH]c2ccc(CO)cc12. The van der Waals surface area contributed by atoms with Gasteiger partial charge in [0.2, 0.25) is 0 Å². The molecule has 0 saturated carbocycles. The fourth-order valence-electron chi connectivity index (χ4n) is 2.84. The number of carbonyl (C=O) groups excluding carboxylic acids is 1. The van der Waals surface area contributed by atoms with E-state index in [2.05, 4.69) is 4.98 Å². The van der Waals surface area contributed by atoms with Crippen molar-refractivity contribution in [2.24, 2.45) is 0 Å². The quantitative estimate of drug-likeness (QED) is 0.572. The van der Waals surface area contributed by atoms with Crippen LogP contribution in [0.4, 0.5) is 0 Å². The van der Waals surface area contributed by atoms with Crippen molar-refractivity contribution < 1.29 is 15.0 Å². The minimum Gasteiger partial charge on any atom is -0.508 e. The number of phenolic OH excluding ortho intramolecular Hbond substituents is 1. The largest absolute Gasteiger partial charge is 0.508 e. The number of fused-ring (bicyclic) bond motifs is 1. The van der Waals surface area contributed by atoms with Crippen LogP contribution < -0.4 is 0 Å². The van der Waals surface area contributed by atoms with Crippen LogP contribution in [0.25, 0.3) is 17.0 Å². The number of benzene rings is 2. The van der Waals surface area contributed by atoms with Crippen LogP contribution in [-0.2, 0) is 17.8 Å². The topological polar surface area (TPSA) is 73.3 Å². The number of H-pyrrole nitrogens is 1. The highest BCUT2D eigenvalue weighted by Gasteiger charge is 2.06. The molecule has 3 aromatic rings. The number of nitrogens with one attached hydrogen (secondary N) is 1. The Bertz CT molecular complexity index is 891. The molecule has 0 saturated heterocycles. The summed E-state index contributed by atoms with van der Waals surface area (Å²) in [5.41, 5.74) is 3.99. The maximum atomic E-state index is 12.0. The van der Waals surface area contributed by atoms with E-state index in [1.807, 2.05) is 24.4 Å². The average molecular weight is 335 g/mol. The van der Waals surface area contributed by atoms with Gasteiger partial charge in [-0.15, -0.1) is 0 Å². The lowest BCUT2D eigenvalue weighted by Gasteiger charge is -2.01. The summed E-state index contributed by atoms with van der Waals surface area (Å²) in [5.74, 6) is 0.301. The van der Waals surface area contributed by atoms with Gasteiger partial charge in [-0.3, -0.25) is 4.79 Å². The van der Waals surface area contributed by atoms with Crippen LogP contribution in [0.15, 0.2) is 54.7 Å². The van der Waals surface area contributed by atoms with E-state index in [0.717, 1.165) is 34.9 Å². The van der Waals surface area contributed by atoms with Crippen molar-refractivity contribution in [3.05, 3.63) is 71.4 Å².